The van der Waals surface area contributed by atoms with E-state index in [1.54, 1.807) is 0 Å². The van der Waals surface area contributed by atoms with Crippen molar-refractivity contribution in [3.8, 4) is 0 Å². The van der Waals surface area contributed by atoms with Crippen molar-refractivity contribution in [1.82, 2.24) is 4.90 Å². The predicted octanol–water partition coefficient (Wildman–Crippen LogP) is 4.06. The van der Waals surface area contributed by atoms with Crippen LogP contribution in [0.3, 0.4) is 0 Å². The second kappa shape index (κ2) is 5.05. The summed E-state index contributed by atoms with van der Waals surface area (Å²) < 4.78 is 0. The SMILES string of the molecule is C=C(CC(C)C)N1CCC(C)(CCC)C1. The Hall–Kier alpha value is -0.460. The fourth-order valence-electron chi connectivity index (χ4n) is 2.70. The van der Waals surface area contributed by atoms with E-state index in [1.807, 2.05) is 0 Å². The minimum Gasteiger partial charge on any atom is -0.375 e. The maximum atomic E-state index is 4.23. The maximum Gasteiger partial charge on any atom is 0.0229 e. The van der Waals surface area contributed by atoms with Gasteiger partial charge in [0.05, 0.1) is 0 Å². The molecule has 1 aliphatic rings. The molecule has 1 nitrogen and oxygen atoms in total. The minimum atomic E-state index is 0.550. The van der Waals surface area contributed by atoms with Crippen molar-refractivity contribution in [2.24, 2.45) is 11.3 Å². The quantitative estimate of drug-likeness (QED) is 0.660. The zero-order valence-corrected chi connectivity index (χ0v) is 11.0. The highest BCUT2D eigenvalue weighted by atomic mass is 15.2. The van der Waals surface area contributed by atoms with Crippen molar-refractivity contribution in [2.75, 3.05) is 13.1 Å². The summed E-state index contributed by atoms with van der Waals surface area (Å²) in [6, 6.07) is 0. The molecular formula is C14H27N. The molecule has 0 aliphatic carbocycles. The van der Waals surface area contributed by atoms with Gasteiger partial charge in [-0.25, -0.2) is 0 Å². The van der Waals surface area contributed by atoms with Gasteiger partial charge < -0.3 is 4.90 Å². The molecular weight excluding hydrogens is 182 g/mol. The summed E-state index contributed by atoms with van der Waals surface area (Å²) in [6.07, 6.45) is 5.17. The van der Waals surface area contributed by atoms with Crippen molar-refractivity contribution < 1.29 is 0 Å². The number of rotatable bonds is 5. The topological polar surface area (TPSA) is 3.24 Å². The number of likely N-dealkylation sites (tertiary alicyclic amines) is 1. The van der Waals surface area contributed by atoms with Crippen molar-refractivity contribution in [2.45, 2.75) is 53.4 Å². The molecule has 1 saturated heterocycles. The fraction of sp³-hybridized carbons (Fsp3) is 0.857. The van der Waals surface area contributed by atoms with Gasteiger partial charge in [-0.1, -0.05) is 40.7 Å². The summed E-state index contributed by atoms with van der Waals surface area (Å²) in [7, 11) is 0. The van der Waals surface area contributed by atoms with Crippen molar-refractivity contribution in [3.63, 3.8) is 0 Å². The summed E-state index contributed by atoms with van der Waals surface area (Å²) in [5, 5.41) is 0. The smallest absolute Gasteiger partial charge is 0.0229 e. The first-order valence-corrected chi connectivity index (χ1v) is 6.39. The fourth-order valence-corrected chi connectivity index (χ4v) is 2.70. The molecule has 0 spiro atoms. The Balaban J connectivity index is 2.45. The van der Waals surface area contributed by atoms with Crippen LogP contribution in [0.25, 0.3) is 0 Å². The summed E-state index contributed by atoms with van der Waals surface area (Å²) in [5.41, 5.74) is 1.90. The average molecular weight is 209 g/mol. The summed E-state index contributed by atoms with van der Waals surface area (Å²) in [6.45, 7) is 15.9. The molecule has 0 N–H and O–H groups in total. The van der Waals surface area contributed by atoms with Crippen LogP contribution in [0, 0.1) is 11.3 Å². The lowest BCUT2D eigenvalue weighted by Crippen LogP contribution is -2.24. The van der Waals surface area contributed by atoms with Crippen LogP contribution in [0.4, 0.5) is 0 Å². The van der Waals surface area contributed by atoms with E-state index < -0.39 is 0 Å². The number of hydrogen-bond donors (Lipinski definition) is 0. The molecule has 88 valence electrons. The predicted molar refractivity (Wildman–Crippen MR) is 67.8 cm³/mol. The van der Waals surface area contributed by atoms with Crippen LogP contribution in [0.2, 0.25) is 0 Å². The van der Waals surface area contributed by atoms with Crippen molar-refractivity contribution >= 4 is 0 Å². The molecule has 15 heavy (non-hydrogen) atoms. The molecule has 0 aromatic heterocycles. The van der Waals surface area contributed by atoms with Crippen LogP contribution in [0.5, 0.6) is 0 Å². The zero-order chi connectivity index (χ0) is 11.5. The van der Waals surface area contributed by atoms with Gasteiger partial charge in [0.25, 0.3) is 0 Å². The van der Waals surface area contributed by atoms with E-state index in [9.17, 15) is 0 Å². The van der Waals surface area contributed by atoms with E-state index in [4.69, 9.17) is 0 Å². The molecule has 1 unspecified atom stereocenters. The second-order valence-electron chi connectivity index (χ2n) is 5.90. The normalized spacial score (nSPS) is 26.3. The third-order valence-corrected chi connectivity index (χ3v) is 3.50. The maximum absolute atomic E-state index is 4.23. The Kier molecular flexibility index (Phi) is 4.24. The molecule has 1 rings (SSSR count). The molecule has 0 amide bonds. The van der Waals surface area contributed by atoms with Gasteiger partial charge in [-0.15, -0.1) is 0 Å². The highest BCUT2D eigenvalue weighted by molar-refractivity contribution is 5.01. The largest absolute Gasteiger partial charge is 0.375 e. The van der Waals surface area contributed by atoms with E-state index in [1.165, 1.54) is 38.0 Å². The number of nitrogens with zero attached hydrogens (tertiary/aromatic N) is 1. The molecule has 0 saturated carbocycles. The lowest BCUT2D eigenvalue weighted by molar-refractivity contribution is 0.284. The van der Waals surface area contributed by atoms with E-state index >= 15 is 0 Å². The van der Waals surface area contributed by atoms with Gasteiger partial charge in [0, 0.05) is 18.8 Å². The minimum absolute atomic E-state index is 0.550. The van der Waals surface area contributed by atoms with Gasteiger partial charge in [-0.05, 0) is 30.6 Å². The zero-order valence-electron chi connectivity index (χ0n) is 11.0. The van der Waals surface area contributed by atoms with Crippen LogP contribution in [-0.2, 0) is 0 Å². The van der Waals surface area contributed by atoms with Gasteiger partial charge in [0.2, 0.25) is 0 Å². The molecule has 1 heterocycles. The Morgan fingerprint density at radius 3 is 2.67 bits per heavy atom. The Morgan fingerprint density at radius 1 is 1.47 bits per heavy atom. The Morgan fingerprint density at radius 2 is 2.13 bits per heavy atom. The Bertz CT molecular complexity index is 219. The first-order chi connectivity index (χ1) is 6.97. The van der Waals surface area contributed by atoms with Crippen LogP contribution < -0.4 is 0 Å². The first kappa shape index (κ1) is 12.6. The highest BCUT2D eigenvalue weighted by Gasteiger charge is 2.33. The van der Waals surface area contributed by atoms with Gasteiger partial charge in [-0.2, -0.15) is 0 Å². The third kappa shape index (κ3) is 3.55. The third-order valence-electron chi connectivity index (χ3n) is 3.50. The standard InChI is InChI=1S/C14H27N/c1-6-7-14(5)8-9-15(11-14)13(4)10-12(2)3/h12H,4,6-11H2,1-3,5H3. The Labute approximate surface area is 95.5 Å². The van der Waals surface area contributed by atoms with Crippen molar-refractivity contribution in [1.29, 1.82) is 0 Å². The van der Waals surface area contributed by atoms with Gasteiger partial charge in [0.15, 0.2) is 0 Å². The highest BCUT2D eigenvalue weighted by Crippen LogP contribution is 2.36. The first-order valence-electron chi connectivity index (χ1n) is 6.39. The van der Waals surface area contributed by atoms with Crippen LogP contribution in [0.1, 0.15) is 53.4 Å². The number of hydrogen-bond acceptors (Lipinski definition) is 1. The van der Waals surface area contributed by atoms with Crippen molar-refractivity contribution in [3.05, 3.63) is 12.3 Å². The average Bonchev–Trinajstić information content (AvgIpc) is 2.47. The van der Waals surface area contributed by atoms with E-state index in [2.05, 4.69) is 39.2 Å². The van der Waals surface area contributed by atoms with E-state index in [-0.39, 0.29) is 0 Å². The second-order valence-corrected chi connectivity index (χ2v) is 5.90. The molecule has 0 radical (unpaired) electrons. The van der Waals surface area contributed by atoms with Crippen LogP contribution >= 0.6 is 0 Å². The molecule has 1 atom stereocenters. The van der Waals surface area contributed by atoms with Gasteiger partial charge >= 0.3 is 0 Å². The van der Waals surface area contributed by atoms with E-state index in [0.29, 0.717) is 5.41 Å². The van der Waals surface area contributed by atoms with Gasteiger partial charge in [-0.3, -0.25) is 0 Å². The monoisotopic (exact) mass is 209 g/mol. The molecule has 0 aromatic rings. The number of allylic oxidation sites excluding steroid dienone is 1. The molecule has 1 heteroatoms. The summed E-state index contributed by atoms with van der Waals surface area (Å²) in [5.74, 6) is 0.732. The van der Waals surface area contributed by atoms with Crippen LogP contribution in [-0.4, -0.2) is 18.0 Å². The lowest BCUT2D eigenvalue weighted by Gasteiger charge is -2.27. The van der Waals surface area contributed by atoms with Crippen LogP contribution in [0.15, 0.2) is 12.3 Å². The van der Waals surface area contributed by atoms with E-state index in [0.717, 1.165) is 12.3 Å². The molecule has 0 aromatic carbocycles. The lowest BCUT2D eigenvalue weighted by atomic mass is 9.85. The molecule has 0 bridgehead atoms. The summed E-state index contributed by atoms with van der Waals surface area (Å²) in [4.78, 5) is 2.51. The molecule has 1 aliphatic heterocycles. The molecule has 1 fully saturated rings. The van der Waals surface area contributed by atoms with Gasteiger partial charge in [0.1, 0.15) is 0 Å². The summed E-state index contributed by atoms with van der Waals surface area (Å²) >= 11 is 0.